The van der Waals surface area contributed by atoms with Gasteiger partial charge in [0.15, 0.2) is 9.84 Å². The largest absolute Gasteiger partial charge is 0.468 e. The lowest BCUT2D eigenvalue weighted by atomic mass is 10.1. The summed E-state index contributed by atoms with van der Waals surface area (Å²) < 4.78 is 55.8. The maximum Gasteiger partial charge on any atom is 0.271 e. The number of carbonyl (C=O) groups is 2. The molecule has 0 saturated carbocycles. The molecular formula is C20H22N4O7S2. The van der Waals surface area contributed by atoms with E-state index in [-0.39, 0.29) is 53.8 Å². The Kier molecular flexibility index (Phi) is 6.36. The van der Waals surface area contributed by atoms with Crippen molar-refractivity contribution in [1.29, 1.82) is 0 Å². The van der Waals surface area contributed by atoms with Crippen LogP contribution in [0, 0.1) is 0 Å². The first-order valence-electron chi connectivity index (χ1n) is 10.2. The van der Waals surface area contributed by atoms with Crippen LogP contribution in [0.2, 0.25) is 0 Å². The highest BCUT2D eigenvalue weighted by molar-refractivity contribution is 7.91. The van der Waals surface area contributed by atoms with Crippen molar-refractivity contribution < 1.29 is 30.8 Å². The van der Waals surface area contributed by atoms with Crippen molar-refractivity contribution in [1.82, 2.24) is 9.73 Å². The van der Waals surface area contributed by atoms with Gasteiger partial charge in [0.2, 0.25) is 15.9 Å². The predicted molar refractivity (Wildman–Crippen MR) is 118 cm³/mol. The lowest BCUT2D eigenvalue weighted by Gasteiger charge is -2.27. The Bertz CT molecular complexity index is 1280. The number of hydrogen-bond donors (Lipinski definition) is 2. The van der Waals surface area contributed by atoms with Crippen LogP contribution in [0.3, 0.4) is 0 Å². The monoisotopic (exact) mass is 494 g/mol. The fourth-order valence-corrected chi connectivity index (χ4v) is 6.26. The third-order valence-corrected chi connectivity index (χ3v) is 8.48. The molecule has 0 aliphatic carbocycles. The van der Waals surface area contributed by atoms with Crippen LogP contribution in [0.25, 0.3) is 0 Å². The van der Waals surface area contributed by atoms with E-state index in [9.17, 15) is 26.4 Å². The van der Waals surface area contributed by atoms with E-state index >= 15 is 0 Å². The van der Waals surface area contributed by atoms with Crippen LogP contribution < -0.4 is 10.0 Å². The van der Waals surface area contributed by atoms with E-state index in [1.54, 1.807) is 12.1 Å². The first-order valence-corrected chi connectivity index (χ1v) is 13.5. The van der Waals surface area contributed by atoms with Gasteiger partial charge in [-0.15, -0.1) is 0 Å². The molecule has 1 aromatic carbocycles. The molecule has 176 valence electrons. The van der Waals surface area contributed by atoms with Crippen LogP contribution in [0.4, 0.5) is 5.69 Å². The standard InChI is InChI=1S/C20H22N4O7S2/c25-19-8-7-18(23-24(19)15-9-11-32(27,28)13-15)20(26)22-14-3-5-17(6-4-14)33(29,30)21-12-16-2-1-10-31-16/h1-6,10,15,21H,7-9,11-13H2,(H,22,26). The van der Waals surface area contributed by atoms with Crippen molar-refractivity contribution >= 4 is 43.1 Å². The van der Waals surface area contributed by atoms with E-state index in [1.807, 2.05) is 0 Å². The second kappa shape index (κ2) is 9.08. The molecule has 2 amide bonds. The molecule has 1 saturated heterocycles. The van der Waals surface area contributed by atoms with Crippen LogP contribution >= 0.6 is 0 Å². The molecular weight excluding hydrogens is 472 g/mol. The summed E-state index contributed by atoms with van der Waals surface area (Å²) in [7, 11) is -6.99. The molecule has 2 N–H and O–H groups in total. The van der Waals surface area contributed by atoms with E-state index in [0.29, 0.717) is 11.4 Å². The van der Waals surface area contributed by atoms with E-state index in [0.717, 1.165) is 5.01 Å². The normalized spacial score (nSPS) is 20.5. The molecule has 2 aromatic rings. The van der Waals surface area contributed by atoms with Crippen molar-refractivity contribution in [2.45, 2.75) is 36.7 Å². The zero-order valence-electron chi connectivity index (χ0n) is 17.4. The van der Waals surface area contributed by atoms with Gasteiger partial charge in [-0.25, -0.2) is 26.6 Å². The lowest BCUT2D eigenvalue weighted by molar-refractivity contribution is -0.133. The number of amides is 2. The topological polar surface area (TPSA) is 155 Å². The minimum Gasteiger partial charge on any atom is -0.468 e. The fourth-order valence-electron chi connectivity index (χ4n) is 3.57. The predicted octanol–water partition coefficient (Wildman–Crippen LogP) is 0.862. The quantitative estimate of drug-likeness (QED) is 0.578. The van der Waals surface area contributed by atoms with Crippen LogP contribution in [-0.2, 0) is 36.0 Å². The number of carbonyl (C=O) groups excluding carboxylic acids is 2. The van der Waals surface area contributed by atoms with E-state index < -0.39 is 31.8 Å². The number of sulfonamides is 1. The van der Waals surface area contributed by atoms with Gasteiger partial charge in [0.25, 0.3) is 5.91 Å². The van der Waals surface area contributed by atoms with E-state index in [4.69, 9.17) is 4.42 Å². The SMILES string of the molecule is O=C(Nc1ccc(S(=O)(=O)NCc2ccco2)cc1)C1=NN(C2CCS(=O)(=O)C2)C(=O)CC1. The van der Waals surface area contributed by atoms with Gasteiger partial charge in [-0.3, -0.25) is 9.59 Å². The molecule has 11 nitrogen and oxygen atoms in total. The van der Waals surface area contributed by atoms with Crippen LogP contribution in [0.15, 0.2) is 57.1 Å². The summed E-state index contributed by atoms with van der Waals surface area (Å²) in [5.74, 6) is -0.561. The molecule has 0 bridgehead atoms. The number of rotatable bonds is 7. The number of hydrazone groups is 1. The molecule has 1 fully saturated rings. The minimum absolute atomic E-state index is 0.00512. The molecule has 33 heavy (non-hydrogen) atoms. The molecule has 0 radical (unpaired) electrons. The number of benzene rings is 1. The highest BCUT2D eigenvalue weighted by atomic mass is 32.2. The smallest absolute Gasteiger partial charge is 0.271 e. The molecule has 2 aliphatic rings. The van der Waals surface area contributed by atoms with Gasteiger partial charge in [-0.2, -0.15) is 5.10 Å². The second-order valence-corrected chi connectivity index (χ2v) is 11.7. The van der Waals surface area contributed by atoms with E-state index in [1.165, 1.54) is 30.5 Å². The molecule has 2 aliphatic heterocycles. The summed E-state index contributed by atoms with van der Waals surface area (Å²) in [4.78, 5) is 24.9. The summed E-state index contributed by atoms with van der Waals surface area (Å²) in [5, 5.41) is 7.87. The number of nitrogens with one attached hydrogen (secondary N) is 2. The molecule has 1 unspecified atom stereocenters. The fraction of sp³-hybridized carbons (Fsp3) is 0.350. The van der Waals surface area contributed by atoms with Crippen molar-refractivity contribution in [3.63, 3.8) is 0 Å². The van der Waals surface area contributed by atoms with Crippen LogP contribution in [-0.4, -0.2) is 56.9 Å². The first kappa shape index (κ1) is 23.1. The Morgan fingerprint density at radius 1 is 1.18 bits per heavy atom. The Hall–Kier alpha value is -3.03. The number of hydrogen-bond acceptors (Lipinski definition) is 8. The Balaban J connectivity index is 1.41. The van der Waals surface area contributed by atoms with Gasteiger partial charge >= 0.3 is 0 Å². The van der Waals surface area contributed by atoms with Gasteiger partial charge in [0.05, 0.1) is 35.3 Å². The Labute approximate surface area is 190 Å². The Morgan fingerprint density at radius 2 is 1.94 bits per heavy atom. The maximum atomic E-state index is 12.6. The first-order chi connectivity index (χ1) is 15.6. The van der Waals surface area contributed by atoms with Crippen LogP contribution in [0.1, 0.15) is 25.0 Å². The average molecular weight is 495 g/mol. The molecule has 1 atom stereocenters. The van der Waals surface area contributed by atoms with Crippen molar-refractivity contribution in [3.8, 4) is 0 Å². The summed E-state index contributed by atoms with van der Waals surface area (Å²) in [6, 6.07) is 8.32. The van der Waals surface area contributed by atoms with Crippen molar-refractivity contribution in [2.75, 3.05) is 16.8 Å². The van der Waals surface area contributed by atoms with Crippen molar-refractivity contribution in [2.24, 2.45) is 5.10 Å². The number of anilines is 1. The average Bonchev–Trinajstić information content (AvgIpc) is 3.42. The third-order valence-electron chi connectivity index (χ3n) is 5.32. The molecule has 0 spiro atoms. The zero-order chi connectivity index (χ0) is 23.6. The Morgan fingerprint density at radius 3 is 2.58 bits per heavy atom. The van der Waals surface area contributed by atoms with Crippen LogP contribution in [0.5, 0.6) is 0 Å². The summed E-state index contributed by atoms with van der Waals surface area (Å²) in [6.45, 7) is 0.00512. The third kappa shape index (κ3) is 5.49. The highest BCUT2D eigenvalue weighted by Gasteiger charge is 2.37. The summed E-state index contributed by atoms with van der Waals surface area (Å²) in [6.07, 6.45) is 1.92. The highest BCUT2D eigenvalue weighted by Crippen LogP contribution is 2.23. The second-order valence-electron chi connectivity index (χ2n) is 7.72. The summed E-state index contributed by atoms with van der Waals surface area (Å²) in [5.41, 5.74) is 0.454. The number of furan rings is 1. The van der Waals surface area contributed by atoms with Crippen molar-refractivity contribution in [3.05, 3.63) is 48.4 Å². The minimum atomic E-state index is -3.77. The summed E-state index contributed by atoms with van der Waals surface area (Å²) >= 11 is 0. The van der Waals surface area contributed by atoms with Gasteiger partial charge in [0, 0.05) is 18.5 Å². The number of sulfone groups is 1. The maximum absolute atomic E-state index is 12.6. The van der Waals surface area contributed by atoms with E-state index in [2.05, 4.69) is 15.1 Å². The lowest BCUT2D eigenvalue weighted by Crippen LogP contribution is -2.42. The molecule has 13 heteroatoms. The van der Waals surface area contributed by atoms with Gasteiger partial charge in [-0.05, 0) is 42.8 Å². The number of nitrogens with zero attached hydrogens (tertiary/aromatic N) is 2. The molecule has 3 heterocycles. The van der Waals surface area contributed by atoms with Gasteiger partial charge in [-0.1, -0.05) is 0 Å². The van der Waals surface area contributed by atoms with Gasteiger partial charge in [0.1, 0.15) is 11.5 Å². The molecule has 1 aromatic heterocycles. The zero-order valence-corrected chi connectivity index (χ0v) is 19.1. The van der Waals surface area contributed by atoms with Gasteiger partial charge < -0.3 is 9.73 Å². The molecule has 4 rings (SSSR count).